The molecule has 1 aliphatic carbocycles. The van der Waals surface area contributed by atoms with Crippen LogP contribution in [0.25, 0.3) is 0 Å². The molecule has 1 heterocycles. The maximum atomic E-state index is 9.51. The second-order valence-corrected chi connectivity index (χ2v) is 4.94. The van der Waals surface area contributed by atoms with Gasteiger partial charge in [-0.1, -0.05) is 35.9 Å². The Balaban J connectivity index is 1.79. The number of hydrogen-bond donors (Lipinski definition) is 1. The van der Waals surface area contributed by atoms with Crippen molar-refractivity contribution in [2.45, 2.75) is 37.9 Å². The minimum Gasteiger partial charge on any atom is -0.389 e. The van der Waals surface area contributed by atoms with Crippen molar-refractivity contribution in [1.29, 1.82) is 0 Å². The van der Waals surface area contributed by atoms with E-state index in [9.17, 15) is 5.11 Å². The first kappa shape index (κ1) is 11.0. The smallest absolute Gasteiger partial charge is 0.0864 e. The molecule has 2 unspecified atom stereocenters. The number of fused-ring (bicyclic) bond motifs is 1. The molecule has 0 aromatic heterocycles. The average molecular weight is 230 g/mol. The van der Waals surface area contributed by atoms with Crippen molar-refractivity contribution in [2.75, 3.05) is 6.61 Å². The fraction of sp³-hybridized carbons (Fsp3) is 0.467. The van der Waals surface area contributed by atoms with Gasteiger partial charge in [-0.2, -0.15) is 0 Å². The number of hydrogen-bond acceptors (Lipinski definition) is 2. The number of aliphatic hydroxyl groups excluding tert-OH is 1. The Morgan fingerprint density at radius 2 is 2.12 bits per heavy atom. The summed E-state index contributed by atoms with van der Waals surface area (Å²) in [4.78, 5) is 0. The Bertz CT molecular complexity index is 436. The summed E-state index contributed by atoms with van der Waals surface area (Å²) in [7, 11) is 0. The van der Waals surface area contributed by atoms with Gasteiger partial charge < -0.3 is 9.84 Å². The van der Waals surface area contributed by atoms with Crippen LogP contribution in [0.5, 0.6) is 0 Å². The second kappa shape index (κ2) is 4.63. The number of aliphatic hydroxyl groups is 1. The van der Waals surface area contributed by atoms with Crippen LogP contribution < -0.4 is 0 Å². The molecule has 1 N–H and O–H groups in total. The Labute approximate surface area is 102 Å². The quantitative estimate of drug-likeness (QED) is 0.792. The molecule has 0 saturated heterocycles. The van der Waals surface area contributed by atoms with E-state index >= 15 is 0 Å². The Kier molecular flexibility index (Phi) is 3.00. The molecule has 0 radical (unpaired) electrons. The van der Waals surface area contributed by atoms with E-state index in [1.165, 1.54) is 16.7 Å². The molecule has 90 valence electrons. The normalized spacial score (nSPS) is 27.7. The van der Waals surface area contributed by atoms with Crippen LogP contribution in [-0.2, 0) is 11.2 Å². The second-order valence-electron chi connectivity index (χ2n) is 4.94. The van der Waals surface area contributed by atoms with Crippen molar-refractivity contribution in [3.8, 4) is 0 Å². The minimum atomic E-state index is -0.233. The van der Waals surface area contributed by atoms with Crippen LogP contribution >= 0.6 is 0 Å². The lowest BCUT2D eigenvalue weighted by atomic mass is 9.93. The monoisotopic (exact) mass is 230 g/mol. The largest absolute Gasteiger partial charge is 0.389 e. The van der Waals surface area contributed by atoms with Crippen molar-refractivity contribution in [1.82, 2.24) is 0 Å². The van der Waals surface area contributed by atoms with E-state index in [1.54, 1.807) is 0 Å². The van der Waals surface area contributed by atoms with Gasteiger partial charge >= 0.3 is 0 Å². The van der Waals surface area contributed by atoms with Crippen LogP contribution in [0, 0.1) is 0 Å². The van der Waals surface area contributed by atoms with Gasteiger partial charge in [-0.15, -0.1) is 0 Å². The molecule has 1 aromatic rings. The molecule has 17 heavy (non-hydrogen) atoms. The summed E-state index contributed by atoms with van der Waals surface area (Å²) in [6.45, 7) is 0.817. The third-order valence-corrected chi connectivity index (χ3v) is 3.73. The first-order chi connectivity index (χ1) is 8.33. The summed E-state index contributed by atoms with van der Waals surface area (Å²) in [5, 5.41) is 9.51. The maximum Gasteiger partial charge on any atom is 0.0864 e. The molecule has 3 rings (SSSR count). The van der Waals surface area contributed by atoms with Gasteiger partial charge in [0.1, 0.15) is 0 Å². The fourth-order valence-corrected chi connectivity index (χ4v) is 2.83. The molecule has 0 amide bonds. The average Bonchev–Trinajstić information content (AvgIpc) is 2.75. The SMILES string of the molecule is OC1C=C(CC2OCCc3ccccc32)CC1. The summed E-state index contributed by atoms with van der Waals surface area (Å²) in [5.41, 5.74) is 4.10. The van der Waals surface area contributed by atoms with Crippen LogP contribution in [0.1, 0.15) is 36.5 Å². The van der Waals surface area contributed by atoms with E-state index in [-0.39, 0.29) is 12.2 Å². The van der Waals surface area contributed by atoms with Crippen molar-refractivity contribution in [2.24, 2.45) is 0 Å². The summed E-state index contributed by atoms with van der Waals surface area (Å²) in [6, 6.07) is 8.55. The van der Waals surface area contributed by atoms with E-state index < -0.39 is 0 Å². The molecule has 0 spiro atoms. The molecule has 0 saturated carbocycles. The summed E-state index contributed by atoms with van der Waals surface area (Å²) >= 11 is 0. The topological polar surface area (TPSA) is 29.5 Å². The molecule has 0 fully saturated rings. The first-order valence-corrected chi connectivity index (χ1v) is 6.40. The van der Waals surface area contributed by atoms with E-state index in [0.29, 0.717) is 0 Å². The van der Waals surface area contributed by atoms with E-state index in [0.717, 1.165) is 32.3 Å². The van der Waals surface area contributed by atoms with Crippen molar-refractivity contribution >= 4 is 0 Å². The van der Waals surface area contributed by atoms with Crippen LogP contribution in [0.15, 0.2) is 35.9 Å². The number of rotatable bonds is 2. The van der Waals surface area contributed by atoms with Crippen LogP contribution in [0.3, 0.4) is 0 Å². The highest BCUT2D eigenvalue weighted by atomic mass is 16.5. The van der Waals surface area contributed by atoms with Crippen molar-refractivity contribution in [3.63, 3.8) is 0 Å². The maximum absolute atomic E-state index is 9.51. The van der Waals surface area contributed by atoms with Crippen LogP contribution in [-0.4, -0.2) is 17.8 Å². The highest BCUT2D eigenvalue weighted by Gasteiger charge is 2.23. The zero-order valence-corrected chi connectivity index (χ0v) is 9.93. The lowest BCUT2D eigenvalue weighted by Crippen LogP contribution is -2.16. The molecule has 0 bridgehead atoms. The molecular weight excluding hydrogens is 212 g/mol. The van der Waals surface area contributed by atoms with Crippen molar-refractivity contribution in [3.05, 3.63) is 47.0 Å². The van der Waals surface area contributed by atoms with Gasteiger partial charge in [-0.3, -0.25) is 0 Å². The molecule has 2 aliphatic rings. The molecule has 2 nitrogen and oxygen atoms in total. The van der Waals surface area contributed by atoms with E-state index in [2.05, 4.69) is 24.3 Å². The van der Waals surface area contributed by atoms with Gasteiger partial charge in [0.2, 0.25) is 0 Å². The number of ether oxygens (including phenoxy) is 1. The van der Waals surface area contributed by atoms with Crippen LogP contribution in [0.4, 0.5) is 0 Å². The summed E-state index contributed by atoms with van der Waals surface area (Å²) in [5.74, 6) is 0. The highest BCUT2D eigenvalue weighted by molar-refractivity contribution is 5.32. The Hall–Kier alpha value is -1.12. The van der Waals surface area contributed by atoms with Crippen molar-refractivity contribution < 1.29 is 9.84 Å². The summed E-state index contributed by atoms with van der Waals surface area (Å²) < 4.78 is 5.88. The Morgan fingerprint density at radius 1 is 1.24 bits per heavy atom. The lowest BCUT2D eigenvalue weighted by Gasteiger charge is -2.26. The predicted molar refractivity (Wildman–Crippen MR) is 66.8 cm³/mol. The molecule has 1 aliphatic heterocycles. The van der Waals surface area contributed by atoms with E-state index in [1.807, 2.05) is 6.08 Å². The molecule has 2 atom stereocenters. The summed E-state index contributed by atoms with van der Waals surface area (Å²) in [6.07, 6.45) is 5.82. The zero-order valence-electron chi connectivity index (χ0n) is 9.93. The van der Waals surface area contributed by atoms with E-state index in [4.69, 9.17) is 4.74 Å². The first-order valence-electron chi connectivity index (χ1n) is 6.40. The van der Waals surface area contributed by atoms with Crippen LogP contribution in [0.2, 0.25) is 0 Å². The van der Waals surface area contributed by atoms with Gasteiger partial charge in [0, 0.05) is 0 Å². The third kappa shape index (κ3) is 2.28. The molecule has 1 aromatic carbocycles. The molecular formula is C15H18O2. The standard InChI is InChI=1S/C15H18O2/c16-13-6-5-11(9-13)10-15-14-4-2-1-3-12(14)7-8-17-15/h1-4,9,13,15-16H,5-8,10H2. The van der Waals surface area contributed by atoms with Gasteiger partial charge in [-0.25, -0.2) is 0 Å². The predicted octanol–water partition coefficient (Wildman–Crippen LogP) is 2.77. The fourth-order valence-electron chi connectivity index (χ4n) is 2.83. The Morgan fingerprint density at radius 3 is 2.94 bits per heavy atom. The minimum absolute atomic E-state index is 0.191. The van der Waals surface area contributed by atoms with Gasteiger partial charge in [-0.05, 0) is 36.8 Å². The molecule has 2 heteroatoms. The third-order valence-electron chi connectivity index (χ3n) is 3.73. The van der Waals surface area contributed by atoms with Gasteiger partial charge in [0.05, 0.1) is 18.8 Å². The van der Waals surface area contributed by atoms with Gasteiger partial charge in [0.25, 0.3) is 0 Å². The zero-order chi connectivity index (χ0) is 11.7. The number of benzene rings is 1. The highest BCUT2D eigenvalue weighted by Crippen LogP contribution is 2.34. The van der Waals surface area contributed by atoms with Gasteiger partial charge in [0.15, 0.2) is 0 Å². The lowest BCUT2D eigenvalue weighted by molar-refractivity contribution is 0.0424.